The number of hydrogen-bond acceptors (Lipinski definition) is 3. The van der Waals surface area contributed by atoms with Crippen LogP contribution in [0.25, 0.3) is 0 Å². The first-order chi connectivity index (χ1) is 10.7. The van der Waals surface area contributed by atoms with Crippen LogP contribution in [0.2, 0.25) is 0 Å². The van der Waals surface area contributed by atoms with Crippen LogP contribution in [-0.2, 0) is 11.2 Å². The van der Waals surface area contributed by atoms with Crippen molar-refractivity contribution in [3.63, 3.8) is 0 Å². The molecule has 2 atom stereocenters. The lowest BCUT2D eigenvalue weighted by Gasteiger charge is -2.34. The topological polar surface area (TPSA) is 52.7 Å². The van der Waals surface area contributed by atoms with Crippen molar-refractivity contribution in [2.24, 2.45) is 0 Å². The summed E-state index contributed by atoms with van der Waals surface area (Å²) in [6.45, 7) is 4.04. The SMILES string of the molecule is CNC(=O)c1cccc(CCC(=O)N2CCN3CCC2C3)c1. The molecule has 5 heteroatoms. The van der Waals surface area contributed by atoms with Crippen LogP contribution in [0.1, 0.15) is 28.8 Å². The van der Waals surface area contributed by atoms with Gasteiger partial charge in [0.05, 0.1) is 0 Å². The van der Waals surface area contributed by atoms with Crippen molar-refractivity contribution >= 4 is 11.8 Å². The minimum atomic E-state index is -0.0877. The molecule has 1 N–H and O–H groups in total. The van der Waals surface area contributed by atoms with Crippen LogP contribution in [-0.4, -0.2) is 60.9 Å². The molecular formula is C17H23N3O2. The molecule has 3 rings (SSSR count). The molecule has 0 radical (unpaired) electrons. The lowest BCUT2D eigenvalue weighted by molar-refractivity contribution is -0.134. The first kappa shape index (κ1) is 15.0. The second kappa shape index (κ2) is 6.48. The number of carbonyl (C=O) groups is 2. The summed E-state index contributed by atoms with van der Waals surface area (Å²) in [5.41, 5.74) is 1.69. The third-order valence-corrected chi connectivity index (χ3v) is 4.71. The zero-order valence-electron chi connectivity index (χ0n) is 13.0. The van der Waals surface area contributed by atoms with E-state index in [9.17, 15) is 9.59 Å². The molecule has 5 nitrogen and oxygen atoms in total. The standard InChI is InChI=1S/C17H23N3O2/c1-18-17(22)14-4-2-3-13(11-14)5-6-16(21)20-10-9-19-8-7-15(20)12-19/h2-4,11,15H,5-10,12H2,1H3,(H,18,22). The number of carbonyl (C=O) groups excluding carboxylic acids is 2. The predicted molar refractivity (Wildman–Crippen MR) is 84.7 cm³/mol. The highest BCUT2D eigenvalue weighted by Crippen LogP contribution is 2.21. The summed E-state index contributed by atoms with van der Waals surface area (Å²) < 4.78 is 0. The van der Waals surface area contributed by atoms with Crippen molar-refractivity contribution in [2.75, 3.05) is 33.2 Å². The maximum atomic E-state index is 12.5. The summed E-state index contributed by atoms with van der Waals surface area (Å²) in [6, 6.07) is 7.94. The third kappa shape index (κ3) is 3.14. The molecule has 2 unspecified atom stereocenters. The Labute approximate surface area is 131 Å². The van der Waals surface area contributed by atoms with Crippen LogP contribution >= 0.6 is 0 Å². The Bertz CT molecular complexity index is 573. The van der Waals surface area contributed by atoms with Crippen LogP contribution in [0.4, 0.5) is 0 Å². The third-order valence-electron chi connectivity index (χ3n) is 4.71. The van der Waals surface area contributed by atoms with E-state index in [1.807, 2.05) is 18.2 Å². The average Bonchev–Trinajstić information content (AvgIpc) is 2.93. The molecule has 2 fully saturated rings. The molecule has 0 saturated carbocycles. The van der Waals surface area contributed by atoms with Gasteiger partial charge in [-0.25, -0.2) is 0 Å². The fourth-order valence-corrected chi connectivity index (χ4v) is 3.44. The average molecular weight is 301 g/mol. The van der Waals surface area contributed by atoms with E-state index in [4.69, 9.17) is 0 Å². The Morgan fingerprint density at radius 1 is 1.27 bits per heavy atom. The molecule has 1 aromatic carbocycles. The summed E-state index contributed by atoms with van der Waals surface area (Å²) in [6.07, 6.45) is 2.32. The highest BCUT2D eigenvalue weighted by molar-refractivity contribution is 5.94. The van der Waals surface area contributed by atoms with Crippen molar-refractivity contribution < 1.29 is 9.59 Å². The second-order valence-electron chi connectivity index (χ2n) is 6.11. The number of fused-ring (bicyclic) bond motifs is 2. The van der Waals surface area contributed by atoms with Crippen LogP contribution < -0.4 is 5.32 Å². The highest BCUT2D eigenvalue weighted by Gasteiger charge is 2.34. The maximum Gasteiger partial charge on any atom is 0.251 e. The van der Waals surface area contributed by atoms with Gasteiger partial charge >= 0.3 is 0 Å². The molecular weight excluding hydrogens is 278 g/mol. The Balaban J connectivity index is 1.58. The Morgan fingerprint density at radius 2 is 2.14 bits per heavy atom. The van der Waals surface area contributed by atoms with E-state index in [1.54, 1.807) is 13.1 Å². The number of benzene rings is 1. The first-order valence-electron chi connectivity index (χ1n) is 8.00. The molecule has 2 bridgehead atoms. The van der Waals surface area contributed by atoms with Gasteiger partial charge in [-0.3, -0.25) is 14.5 Å². The van der Waals surface area contributed by atoms with Crippen molar-refractivity contribution in [1.82, 2.24) is 15.1 Å². The summed E-state index contributed by atoms with van der Waals surface area (Å²) in [5.74, 6) is 0.159. The fourth-order valence-electron chi connectivity index (χ4n) is 3.44. The van der Waals surface area contributed by atoms with Crippen LogP contribution in [0.5, 0.6) is 0 Å². The molecule has 22 heavy (non-hydrogen) atoms. The van der Waals surface area contributed by atoms with Crippen molar-refractivity contribution in [3.8, 4) is 0 Å². The normalized spacial score (nSPS) is 23.4. The number of amides is 2. The van der Waals surface area contributed by atoms with Gasteiger partial charge in [0.2, 0.25) is 5.91 Å². The molecule has 0 aliphatic carbocycles. The van der Waals surface area contributed by atoms with E-state index in [0.29, 0.717) is 24.4 Å². The number of rotatable bonds is 4. The summed E-state index contributed by atoms with van der Waals surface area (Å²) in [5, 5.41) is 2.62. The van der Waals surface area contributed by atoms with E-state index in [1.165, 1.54) is 0 Å². The van der Waals surface area contributed by atoms with Gasteiger partial charge in [0.25, 0.3) is 5.91 Å². The van der Waals surface area contributed by atoms with E-state index in [2.05, 4.69) is 15.1 Å². The zero-order chi connectivity index (χ0) is 15.5. The molecule has 2 heterocycles. The van der Waals surface area contributed by atoms with E-state index < -0.39 is 0 Å². The van der Waals surface area contributed by atoms with Gasteiger partial charge in [-0.05, 0) is 30.5 Å². The highest BCUT2D eigenvalue weighted by atomic mass is 16.2. The van der Waals surface area contributed by atoms with Crippen LogP contribution in [0.3, 0.4) is 0 Å². The van der Waals surface area contributed by atoms with Gasteiger partial charge in [0.1, 0.15) is 0 Å². The lowest BCUT2D eigenvalue weighted by atomic mass is 10.0. The molecule has 0 spiro atoms. The van der Waals surface area contributed by atoms with Crippen molar-refractivity contribution in [1.29, 1.82) is 0 Å². The molecule has 1 aromatic rings. The van der Waals surface area contributed by atoms with Gasteiger partial charge in [-0.2, -0.15) is 0 Å². The number of aryl methyl sites for hydroxylation is 1. The first-order valence-corrected chi connectivity index (χ1v) is 8.00. The van der Waals surface area contributed by atoms with Gasteiger partial charge in [-0.15, -0.1) is 0 Å². The number of hydrogen-bond donors (Lipinski definition) is 1. The van der Waals surface area contributed by atoms with Crippen molar-refractivity contribution in [3.05, 3.63) is 35.4 Å². The Morgan fingerprint density at radius 3 is 2.95 bits per heavy atom. The summed E-state index contributed by atoms with van der Waals surface area (Å²) in [4.78, 5) is 28.6. The smallest absolute Gasteiger partial charge is 0.251 e. The largest absolute Gasteiger partial charge is 0.355 e. The number of nitrogens with one attached hydrogen (secondary N) is 1. The fraction of sp³-hybridized carbons (Fsp3) is 0.529. The van der Waals surface area contributed by atoms with Gasteiger partial charge in [-0.1, -0.05) is 12.1 Å². The predicted octanol–water partition coefficient (Wildman–Crippen LogP) is 0.895. The molecule has 2 amide bonds. The van der Waals surface area contributed by atoms with Crippen molar-refractivity contribution in [2.45, 2.75) is 25.3 Å². The summed E-state index contributed by atoms with van der Waals surface area (Å²) in [7, 11) is 1.62. The van der Waals surface area contributed by atoms with Gasteiger partial charge < -0.3 is 10.2 Å². The number of piperazine rings is 1. The monoisotopic (exact) mass is 301 g/mol. The van der Waals surface area contributed by atoms with Crippen LogP contribution in [0, 0.1) is 0 Å². The second-order valence-corrected chi connectivity index (χ2v) is 6.11. The summed E-state index contributed by atoms with van der Waals surface area (Å²) >= 11 is 0. The zero-order valence-corrected chi connectivity index (χ0v) is 13.0. The molecule has 118 valence electrons. The van der Waals surface area contributed by atoms with Gasteiger partial charge in [0.15, 0.2) is 0 Å². The Hall–Kier alpha value is -1.88. The Kier molecular flexibility index (Phi) is 4.43. The minimum absolute atomic E-state index is 0.0877. The molecule has 2 aliphatic heterocycles. The molecule has 0 aromatic heterocycles. The minimum Gasteiger partial charge on any atom is -0.355 e. The quantitative estimate of drug-likeness (QED) is 0.899. The molecule has 2 aliphatic rings. The van der Waals surface area contributed by atoms with E-state index in [0.717, 1.165) is 38.2 Å². The number of nitrogens with zero attached hydrogens (tertiary/aromatic N) is 2. The molecule has 2 saturated heterocycles. The lowest BCUT2D eigenvalue weighted by Crippen LogP contribution is -2.49. The maximum absolute atomic E-state index is 12.5. The van der Waals surface area contributed by atoms with E-state index in [-0.39, 0.29) is 11.8 Å². The van der Waals surface area contributed by atoms with Crippen LogP contribution in [0.15, 0.2) is 24.3 Å². The van der Waals surface area contributed by atoms with E-state index >= 15 is 0 Å². The van der Waals surface area contributed by atoms with Gasteiger partial charge in [0, 0.05) is 51.3 Å².